The first kappa shape index (κ1) is 26.6. The van der Waals surface area contributed by atoms with Crippen LogP contribution in [0.4, 0.5) is 0 Å². The van der Waals surface area contributed by atoms with Gasteiger partial charge in [0, 0.05) is 12.8 Å². The molecular weight excluding hydrogens is 412 g/mol. The fourth-order valence-electron chi connectivity index (χ4n) is 1.53. The van der Waals surface area contributed by atoms with Crippen LogP contribution in [0, 0.1) is 0 Å². The molecule has 0 bridgehead atoms. The number of carbonyl (C=O) groups is 4. The molecule has 8 nitrogen and oxygen atoms in total. The third-order valence-corrected chi connectivity index (χ3v) is 3.36. The lowest BCUT2D eigenvalue weighted by molar-refractivity contribution is -0.152. The van der Waals surface area contributed by atoms with E-state index in [0.29, 0.717) is 38.9 Å². The van der Waals surface area contributed by atoms with E-state index in [4.69, 9.17) is 9.47 Å². The van der Waals surface area contributed by atoms with Gasteiger partial charge in [0.05, 0.1) is 26.4 Å². The van der Waals surface area contributed by atoms with E-state index in [9.17, 15) is 19.2 Å². The monoisotopic (exact) mass is 440 g/mol. The van der Waals surface area contributed by atoms with Gasteiger partial charge in [0.15, 0.2) is 0 Å². The molecule has 0 N–H and O–H groups in total. The third kappa shape index (κ3) is 15.9. The van der Waals surface area contributed by atoms with Gasteiger partial charge < -0.3 is 18.9 Å². The van der Waals surface area contributed by atoms with Crippen LogP contribution in [0.15, 0.2) is 0 Å². The normalized spacial score (nSPS) is 9.62. The topological polar surface area (TPSA) is 105 Å². The van der Waals surface area contributed by atoms with Gasteiger partial charge in [-0.25, -0.2) is 0 Å². The molecule has 0 fully saturated rings. The Bertz CT molecular complexity index is 387. The van der Waals surface area contributed by atoms with Crippen molar-refractivity contribution in [2.75, 3.05) is 26.4 Å². The molecule has 0 aliphatic rings. The van der Waals surface area contributed by atoms with E-state index in [1.54, 1.807) is 27.7 Å². The fraction of sp³-hybridized carbons (Fsp3) is 0.765. The average molecular weight is 441 g/mol. The summed E-state index contributed by atoms with van der Waals surface area (Å²) in [5.41, 5.74) is 0. The van der Waals surface area contributed by atoms with Crippen LogP contribution in [0.1, 0.15) is 53.4 Å². The molecule has 0 aromatic carbocycles. The number of unbranched alkanes of at least 4 members (excludes halogenated alkanes) is 1. The Hall–Kier alpha value is -1.64. The minimum Gasteiger partial charge on any atom is -0.466 e. The summed E-state index contributed by atoms with van der Waals surface area (Å²) in [4.78, 5) is 42.5. The lowest BCUT2D eigenvalue weighted by Crippen LogP contribution is -2.28. The van der Waals surface area contributed by atoms with E-state index < -0.39 is 16.8 Å². The van der Waals surface area contributed by atoms with Crippen molar-refractivity contribution in [2.24, 2.45) is 0 Å². The zero-order valence-corrected chi connectivity index (χ0v) is 17.5. The van der Waals surface area contributed by atoms with E-state index in [1.165, 1.54) is 0 Å². The SMILES string of the molecule is CCOC(=O)C(Br)C(=O)OCC.CCOC(=O)CCCCC(=O)OCC. The Morgan fingerprint density at radius 3 is 1.23 bits per heavy atom. The van der Waals surface area contributed by atoms with Crippen molar-refractivity contribution < 1.29 is 38.1 Å². The highest BCUT2D eigenvalue weighted by Gasteiger charge is 2.25. The summed E-state index contributed by atoms with van der Waals surface area (Å²) >= 11 is 2.86. The second-order valence-electron chi connectivity index (χ2n) is 4.68. The molecule has 0 amide bonds. The zero-order valence-electron chi connectivity index (χ0n) is 15.9. The van der Waals surface area contributed by atoms with Crippen molar-refractivity contribution in [3.05, 3.63) is 0 Å². The van der Waals surface area contributed by atoms with Gasteiger partial charge in [0.2, 0.25) is 4.83 Å². The first-order chi connectivity index (χ1) is 12.3. The van der Waals surface area contributed by atoms with Gasteiger partial charge in [-0.1, -0.05) is 15.9 Å². The predicted octanol–water partition coefficient (Wildman–Crippen LogP) is 2.55. The lowest BCUT2D eigenvalue weighted by Gasteiger charge is -2.07. The third-order valence-electron chi connectivity index (χ3n) is 2.61. The van der Waals surface area contributed by atoms with Crippen LogP contribution in [0.2, 0.25) is 0 Å². The Labute approximate surface area is 163 Å². The molecule has 0 aliphatic carbocycles. The lowest BCUT2D eigenvalue weighted by atomic mass is 10.2. The standard InChI is InChI=1S/C10H18O4.C7H11BrO4/c1-3-13-9(11)7-5-6-8-10(12)14-4-2;1-3-11-6(9)5(8)7(10)12-4-2/h3-8H2,1-2H3;5H,3-4H2,1-2H3. The van der Waals surface area contributed by atoms with Crippen LogP contribution in [0.5, 0.6) is 0 Å². The van der Waals surface area contributed by atoms with Crippen LogP contribution in [-0.2, 0) is 38.1 Å². The Morgan fingerprint density at radius 1 is 0.654 bits per heavy atom. The largest absolute Gasteiger partial charge is 0.466 e. The van der Waals surface area contributed by atoms with Crippen molar-refractivity contribution in [2.45, 2.75) is 58.2 Å². The average Bonchev–Trinajstić information content (AvgIpc) is 2.59. The van der Waals surface area contributed by atoms with Crippen LogP contribution >= 0.6 is 15.9 Å². The van der Waals surface area contributed by atoms with Crippen molar-refractivity contribution in [1.82, 2.24) is 0 Å². The van der Waals surface area contributed by atoms with E-state index in [2.05, 4.69) is 25.4 Å². The summed E-state index contributed by atoms with van der Waals surface area (Å²) in [6.45, 7) is 8.21. The number of alkyl halides is 1. The molecule has 0 aromatic rings. The van der Waals surface area contributed by atoms with E-state index in [-0.39, 0.29) is 25.2 Å². The molecule has 0 rings (SSSR count). The number of halogens is 1. The van der Waals surface area contributed by atoms with Crippen molar-refractivity contribution in [1.29, 1.82) is 0 Å². The quantitative estimate of drug-likeness (QED) is 0.158. The highest BCUT2D eigenvalue weighted by Crippen LogP contribution is 2.05. The fourth-order valence-corrected chi connectivity index (χ4v) is 1.80. The Kier molecular flexibility index (Phi) is 18.6. The maximum absolute atomic E-state index is 10.9. The van der Waals surface area contributed by atoms with Gasteiger partial charge >= 0.3 is 23.9 Å². The Morgan fingerprint density at radius 2 is 0.962 bits per heavy atom. The number of esters is 4. The zero-order chi connectivity index (χ0) is 20.4. The van der Waals surface area contributed by atoms with E-state index in [0.717, 1.165) is 0 Å². The molecular formula is C17H29BrO8. The van der Waals surface area contributed by atoms with Gasteiger partial charge in [-0.05, 0) is 40.5 Å². The van der Waals surface area contributed by atoms with Crippen molar-refractivity contribution in [3.63, 3.8) is 0 Å². The summed E-state index contributed by atoms with van der Waals surface area (Å²) in [5, 5.41) is 0. The van der Waals surface area contributed by atoms with E-state index >= 15 is 0 Å². The highest BCUT2D eigenvalue weighted by molar-refractivity contribution is 9.10. The summed E-state index contributed by atoms with van der Waals surface area (Å²) in [6, 6.07) is 0. The molecule has 0 aromatic heterocycles. The minimum atomic E-state index is -1.00. The summed E-state index contributed by atoms with van der Waals surface area (Å²) < 4.78 is 18.7. The molecule has 0 atom stereocenters. The molecule has 26 heavy (non-hydrogen) atoms. The van der Waals surface area contributed by atoms with Crippen LogP contribution in [0.3, 0.4) is 0 Å². The number of hydrogen-bond acceptors (Lipinski definition) is 8. The van der Waals surface area contributed by atoms with Gasteiger partial charge in [-0.2, -0.15) is 0 Å². The summed E-state index contributed by atoms with van der Waals surface area (Å²) in [7, 11) is 0. The molecule has 0 saturated heterocycles. The van der Waals surface area contributed by atoms with Crippen LogP contribution < -0.4 is 0 Å². The number of ether oxygens (including phenoxy) is 4. The van der Waals surface area contributed by atoms with Gasteiger partial charge in [-0.15, -0.1) is 0 Å². The maximum Gasteiger partial charge on any atom is 0.331 e. The van der Waals surface area contributed by atoms with Crippen LogP contribution in [0.25, 0.3) is 0 Å². The van der Waals surface area contributed by atoms with Gasteiger partial charge in [-0.3, -0.25) is 19.2 Å². The predicted molar refractivity (Wildman–Crippen MR) is 97.7 cm³/mol. The van der Waals surface area contributed by atoms with Gasteiger partial charge in [0.1, 0.15) is 0 Å². The number of hydrogen-bond donors (Lipinski definition) is 0. The molecule has 152 valence electrons. The molecule has 9 heteroatoms. The molecule has 0 unspecified atom stereocenters. The summed E-state index contributed by atoms with van der Waals surface area (Å²) in [6.07, 6.45) is 2.12. The first-order valence-electron chi connectivity index (χ1n) is 8.62. The number of rotatable bonds is 11. The Balaban J connectivity index is 0. The highest BCUT2D eigenvalue weighted by atomic mass is 79.9. The second-order valence-corrected chi connectivity index (χ2v) is 5.60. The van der Waals surface area contributed by atoms with Gasteiger partial charge in [0.25, 0.3) is 0 Å². The molecule has 0 heterocycles. The molecule has 0 aliphatic heterocycles. The smallest absolute Gasteiger partial charge is 0.331 e. The van der Waals surface area contributed by atoms with Crippen molar-refractivity contribution in [3.8, 4) is 0 Å². The summed E-state index contributed by atoms with van der Waals surface area (Å²) in [5.74, 6) is -1.63. The first-order valence-corrected chi connectivity index (χ1v) is 9.53. The second kappa shape index (κ2) is 18.2. The molecule has 0 saturated carbocycles. The molecule has 0 radical (unpaired) electrons. The number of carbonyl (C=O) groups excluding carboxylic acids is 4. The minimum absolute atomic E-state index is 0.198. The molecule has 0 spiro atoms. The van der Waals surface area contributed by atoms with E-state index in [1.807, 2.05) is 0 Å². The maximum atomic E-state index is 10.9. The van der Waals surface area contributed by atoms with Crippen LogP contribution in [-0.4, -0.2) is 55.1 Å². The van der Waals surface area contributed by atoms with Crippen molar-refractivity contribution >= 4 is 39.8 Å².